The number of benzene rings is 2. The van der Waals surface area contributed by atoms with Gasteiger partial charge >= 0.3 is 5.97 Å². The normalized spacial score (nSPS) is 10.7. The van der Waals surface area contributed by atoms with E-state index in [0.717, 1.165) is 0 Å². The molecule has 0 spiro atoms. The maximum atomic E-state index is 13.5. The van der Waals surface area contributed by atoms with Crippen molar-refractivity contribution in [2.45, 2.75) is 13.5 Å². The van der Waals surface area contributed by atoms with Crippen molar-refractivity contribution in [3.05, 3.63) is 76.3 Å². The van der Waals surface area contributed by atoms with Crippen molar-refractivity contribution < 1.29 is 28.5 Å². The van der Waals surface area contributed by atoms with E-state index < -0.39 is 5.97 Å². The molecule has 2 aromatic heterocycles. The lowest BCUT2D eigenvalue weighted by atomic mass is 9.93. The van der Waals surface area contributed by atoms with E-state index >= 15 is 0 Å². The molecular weight excluding hydrogens is 476 g/mol. The van der Waals surface area contributed by atoms with Crippen molar-refractivity contribution in [1.82, 2.24) is 9.55 Å². The number of carbonyl (C=O) groups is 1. The van der Waals surface area contributed by atoms with Crippen LogP contribution in [0, 0.1) is 0 Å². The Hall–Kier alpha value is -4.53. The van der Waals surface area contributed by atoms with Gasteiger partial charge in [0.05, 0.1) is 58.4 Å². The zero-order valence-electron chi connectivity index (χ0n) is 21.4. The van der Waals surface area contributed by atoms with Crippen LogP contribution >= 0.6 is 0 Å². The molecule has 0 saturated carbocycles. The molecule has 0 atom stereocenters. The Morgan fingerprint density at radius 1 is 0.865 bits per heavy atom. The van der Waals surface area contributed by atoms with Crippen molar-refractivity contribution in [1.29, 1.82) is 0 Å². The minimum Gasteiger partial charge on any atom is -0.493 e. The summed E-state index contributed by atoms with van der Waals surface area (Å²) >= 11 is 0. The number of nitrogens with zero attached hydrogens (tertiary/aromatic N) is 2. The van der Waals surface area contributed by atoms with Crippen LogP contribution in [0.2, 0.25) is 0 Å². The van der Waals surface area contributed by atoms with Crippen LogP contribution in [0.3, 0.4) is 0 Å². The van der Waals surface area contributed by atoms with Crippen LogP contribution in [-0.2, 0) is 11.3 Å². The average molecular weight is 505 g/mol. The zero-order valence-corrected chi connectivity index (χ0v) is 21.4. The number of aromatic nitrogens is 2. The highest BCUT2D eigenvalue weighted by Gasteiger charge is 2.26. The first-order chi connectivity index (χ1) is 17.9. The molecule has 0 unspecified atom stereocenters. The van der Waals surface area contributed by atoms with Crippen molar-refractivity contribution in [2.24, 2.45) is 0 Å². The molecule has 0 saturated heterocycles. The fourth-order valence-electron chi connectivity index (χ4n) is 4.22. The summed E-state index contributed by atoms with van der Waals surface area (Å²) in [6.07, 6.45) is 1.65. The Bertz CT molecular complexity index is 1510. The van der Waals surface area contributed by atoms with Gasteiger partial charge in [0.25, 0.3) is 5.56 Å². The number of esters is 1. The van der Waals surface area contributed by atoms with Crippen LogP contribution in [0.25, 0.3) is 22.0 Å². The number of ether oxygens (including phenoxy) is 5. The molecule has 0 aliphatic heterocycles. The molecule has 0 fully saturated rings. The summed E-state index contributed by atoms with van der Waals surface area (Å²) in [7, 11) is 6.17. The number of carbonyl (C=O) groups excluding carboxylic acids is 1. The summed E-state index contributed by atoms with van der Waals surface area (Å²) in [6, 6.07) is 13.7. The number of rotatable bonds is 9. The largest absolute Gasteiger partial charge is 0.493 e. The third-order valence-corrected chi connectivity index (χ3v) is 5.94. The second-order valence-corrected chi connectivity index (χ2v) is 7.99. The molecule has 37 heavy (non-hydrogen) atoms. The van der Waals surface area contributed by atoms with Crippen molar-refractivity contribution in [3.63, 3.8) is 0 Å². The molecule has 9 nitrogen and oxygen atoms in total. The first-order valence-corrected chi connectivity index (χ1v) is 11.6. The SMILES string of the molecule is CCOC(=O)c1c(Cn2ccccc2=O)nc2cc(OC)c(OC)cc2c1-c1ccc(OC)c(OC)c1. The Kier molecular flexibility index (Phi) is 7.62. The Balaban J connectivity index is 2.13. The van der Waals surface area contributed by atoms with Crippen LogP contribution in [0.5, 0.6) is 23.0 Å². The fourth-order valence-corrected chi connectivity index (χ4v) is 4.22. The van der Waals surface area contributed by atoms with E-state index in [9.17, 15) is 9.59 Å². The van der Waals surface area contributed by atoms with Gasteiger partial charge in [-0.05, 0) is 36.8 Å². The van der Waals surface area contributed by atoms with E-state index in [2.05, 4.69) is 0 Å². The third kappa shape index (κ3) is 4.93. The lowest BCUT2D eigenvalue weighted by Gasteiger charge is -2.19. The highest BCUT2D eigenvalue weighted by Crippen LogP contribution is 2.41. The standard InChI is InChI=1S/C28H28N2O7/c1-6-37-28(32)27-20(16-30-12-8-7-9-25(30)31)29-19-15-24(36-5)23(35-4)14-18(19)26(27)17-10-11-21(33-2)22(13-17)34-3/h7-15H,6,16H2,1-5H3. The van der Waals surface area contributed by atoms with Crippen molar-refractivity contribution >= 4 is 16.9 Å². The minimum atomic E-state index is -0.560. The molecule has 0 radical (unpaired) electrons. The van der Waals surface area contributed by atoms with Gasteiger partial charge in [0.15, 0.2) is 23.0 Å². The maximum Gasteiger partial charge on any atom is 0.340 e. The van der Waals surface area contributed by atoms with Gasteiger partial charge in [-0.3, -0.25) is 4.79 Å². The first-order valence-electron chi connectivity index (χ1n) is 11.6. The molecule has 2 heterocycles. The number of methoxy groups -OCH3 is 4. The third-order valence-electron chi connectivity index (χ3n) is 5.94. The quantitative estimate of drug-likeness (QED) is 0.311. The molecule has 4 rings (SSSR count). The van der Waals surface area contributed by atoms with Gasteiger partial charge in [-0.25, -0.2) is 9.78 Å². The second-order valence-electron chi connectivity index (χ2n) is 7.99. The highest BCUT2D eigenvalue weighted by atomic mass is 16.5. The summed E-state index contributed by atoms with van der Waals surface area (Å²) in [5.74, 6) is 1.42. The van der Waals surface area contributed by atoms with Crippen LogP contribution in [0.4, 0.5) is 0 Å². The van der Waals surface area contributed by atoms with Gasteiger partial charge in [0, 0.05) is 29.3 Å². The average Bonchev–Trinajstić information content (AvgIpc) is 2.92. The number of hydrogen-bond acceptors (Lipinski definition) is 8. The van der Waals surface area contributed by atoms with Crippen molar-refractivity contribution in [2.75, 3.05) is 35.0 Å². The summed E-state index contributed by atoms with van der Waals surface area (Å²) in [6.45, 7) is 1.95. The van der Waals surface area contributed by atoms with Gasteiger partial charge < -0.3 is 28.3 Å². The molecule has 0 bridgehead atoms. The second kappa shape index (κ2) is 11.0. The molecule has 192 valence electrons. The number of fused-ring (bicyclic) bond motifs is 1. The van der Waals surface area contributed by atoms with Crippen LogP contribution in [0.15, 0.2) is 59.5 Å². The Morgan fingerprint density at radius 2 is 1.54 bits per heavy atom. The topological polar surface area (TPSA) is 98.1 Å². The zero-order chi connectivity index (χ0) is 26.5. The lowest BCUT2D eigenvalue weighted by molar-refractivity contribution is 0.0525. The molecule has 2 aromatic carbocycles. The predicted molar refractivity (Wildman–Crippen MR) is 139 cm³/mol. The highest BCUT2D eigenvalue weighted by molar-refractivity contribution is 6.08. The summed E-state index contributed by atoms with van der Waals surface area (Å²) in [5, 5.41) is 0.636. The molecule has 0 aliphatic carbocycles. The van der Waals surface area contributed by atoms with E-state index in [1.54, 1.807) is 63.7 Å². The van der Waals surface area contributed by atoms with Crippen molar-refractivity contribution in [3.8, 4) is 34.1 Å². The van der Waals surface area contributed by atoms with E-state index in [0.29, 0.717) is 50.7 Å². The van der Waals surface area contributed by atoms with E-state index in [4.69, 9.17) is 28.7 Å². The maximum absolute atomic E-state index is 13.5. The van der Waals surface area contributed by atoms with Crippen LogP contribution in [-0.4, -0.2) is 50.6 Å². The molecular formula is C28H28N2O7. The van der Waals surface area contributed by atoms with Gasteiger partial charge in [-0.15, -0.1) is 0 Å². The van der Waals surface area contributed by atoms with Gasteiger partial charge in [0.2, 0.25) is 0 Å². The van der Waals surface area contributed by atoms with E-state index in [1.807, 2.05) is 6.07 Å². The van der Waals surface area contributed by atoms with Gasteiger partial charge in [-0.1, -0.05) is 12.1 Å². The summed E-state index contributed by atoms with van der Waals surface area (Å²) in [4.78, 5) is 30.8. The molecule has 9 heteroatoms. The minimum absolute atomic E-state index is 0.0540. The van der Waals surface area contributed by atoms with Crippen LogP contribution < -0.4 is 24.5 Å². The predicted octanol–water partition coefficient (Wildman–Crippen LogP) is 4.32. The molecule has 0 N–H and O–H groups in total. The lowest BCUT2D eigenvalue weighted by Crippen LogP contribution is -2.22. The molecule has 4 aromatic rings. The van der Waals surface area contributed by atoms with E-state index in [-0.39, 0.29) is 24.3 Å². The summed E-state index contributed by atoms with van der Waals surface area (Å²) < 4.78 is 28.9. The van der Waals surface area contributed by atoms with Gasteiger partial charge in [-0.2, -0.15) is 0 Å². The Labute approximate surface area is 214 Å². The van der Waals surface area contributed by atoms with E-state index in [1.165, 1.54) is 24.9 Å². The monoisotopic (exact) mass is 504 g/mol. The molecule has 0 aliphatic rings. The number of pyridine rings is 2. The van der Waals surface area contributed by atoms with Crippen LogP contribution in [0.1, 0.15) is 23.0 Å². The summed E-state index contributed by atoms with van der Waals surface area (Å²) in [5.41, 5.74) is 2.17. The van der Waals surface area contributed by atoms with Gasteiger partial charge in [0.1, 0.15) is 0 Å². The first kappa shape index (κ1) is 25.6. The fraction of sp³-hybridized carbons (Fsp3) is 0.250. The smallest absolute Gasteiger partial charge is 0.340 e. The molecule has 0 amide bonds. The Morgan fingerprint density at radius 3 is 2.19 bits per heavy atom. The number of hydrogen-bond donors (Lipinski definition) is 0.